The summed E-state index contributed by atoms with van der Waals surface area (Å²) in [7, 11) is 6.26. The molecule has 2 N–H and O–H groups in total. The molecule has 0 saturated heterocycles. The van der Waals surface area contributed by atoms with Gasteiger partial charge in [0.15, 0.2) is 17.2 Å². The SMILES string of the molecule is COc1cc2c(c(OC)c1OC)-c1cc(C)c(OC)c(=O)cc1C(N)CC2. The summed E-state index contributed by atoms with van der Waals surface area (Å²) < 4.78 is 22.1. The van der Waals surface area contributed by atoms with E-state index in [1.807, 2.05) is 19.1 Å². The summed E-state index contributed by atoms with van der Waals surface area (Å²) in [5.41, 5.74) is 10.5. The molecule has 0 aliphatic heterocycles. The Balaban J connectivity index is 2.48. The predicted molar refractivity (Wildman–Crippen MR) is 104 cm³/mol. The van der Waals surface area contributed by atoms with Gasteiger partial charge in [-0.1, -0.05) is 0 Å². The third-order valence-corrected chi connectivity index (χ3v) is 5.05. The second-order valence-corrected chi connectivity index (χ2v) is 6.56. The minimum atomic E-state index is -0.279. The molecule has 2 aromatic carbocycles. The van der Waals surface area contributed by atoms with Crippen molar-refractivity contribution in [2.75, 3.05) is 28.4 Å². The first-order chi connectivity index (χ1) is 13.0. The first-order valence-electron chi connectivity index (χ1n) is 8.77. The van der Waals surface area contributed by atoms with Gasteiger partial charge in [-0.3, -0.25) is 4.79 Å². The van der Waals surface area contributed by atoms with E-state index in [1.165, 1.54) is 7.11 Å². The monoisotopic (exact) mass is 371 g/mol. The van der Waals surface area contributed by atoms with Crippen molar-refractivity contribution in [1.82, 2.24) is 0 Å². The molecule has 1 atom stereocenters. The van der Waals surface area contributed by atoms with Crippen LogP contribution in [0.5, 0.6) is 23.0 Å². The van der Waals surface area contributed by atoms with E-state index in [1.54, 1.807) is 27.4 Å². The van der Waals surface area contributed by atoms with Gasteiger partial charge >= 0.3 is 0 Å². The summed E-state index contributed by atoms with van der Waals surface area (Å²) in [6, 6.07) is 5.19. The Morgan fingerprint density at radius 1 is 0.926 bits per heavy atom. The van der Waals surface area contributed by atoms with E-state index in [9.17, 15) is 4.79 Å². The van der Waals surface area contributed by atoms with Crippen molar-refractivity contribution in [2.45, 2.75) is 25.8 Å². The molecule has 0 saturated carbocycles. The summed E-state index contributed by atoms with van der Waals surface area (Å²) >= 11 is 0. The highest BCUT2D eigenvalue weighted by molar-refractivity contribution is 5.83. The average molecular weight is 371 g/mol. The van der Waals surface area contributed by atoms with Crippen LogP contribution in [-0.2, 0) is 6.42 Å². The first kappa shape index (κ1) is 19.0. The number of nitrogens with two attached hydrogens (primary N) is 1. The normalized spacial score (nSPS) is 15.3. The van der Waals surface area contributed by atoms with Crippen molar-refractivity contribution < 1.29 is 18.9 Å². The zero-order chi connectivity index (χ0) is 19.7. The summed E-state index contributed by atoms with van der Waals surface area (Å²) in [6.45, 7) is 1.85. The molecule has 1 aliphatic rings. The largest absolute Gasteiger partial charge is 0.493 e. The number of hydrogen-bond donors (Lipinski definition) is 1. The molecule has 0 radical (unpaired) electrons. The fourth-order valence-corrected chi connectivity index (χ4v) is 3.79. The van der Waals surface area contributed by atoms with Gasteiger partial charge in [0.05, 0.1) is 28.4 Å². The molecule has 0 spiro atoms. The zero-order valence-electron chi connectivity index (χ0n) is 16.3. The third kappa shape index (κ3) is 3.10. The Labute approximate surface area is 158 Å². The minimum Gasteiger partial charge on any atom is -0.493 e. The highest BCUT2D eigenvalue weighted by Crippen LogP contribution is 2.50. The second-order valence-electron chi connectivity index (χ2n) is 6.56. The van der Waals surface area contributed by atoms with E-state index in [0.717, 1.165) is 34.2 Å². The maximum atomic E-state index is 12.6. The maximum absolute atomic E-state index is 12.6. The Hall–Kier alpha value is -2.73. The molecule has 6 nitrogen and oxygen atoms in total. The lowest BCUT2D eigenvalue weighted by molar-refractivity contribution is 0.324. The topological polar surface area (TPSA) is 80.0 Å². The van der Waals surface area contributed by atoms with Crippen molar-refractivity contribution in [3.05, 3.63) is 45.1 Å². The molecule has 0 bridgehead atoms. The molecule has 27 heavy (non-hydrogen) atoms. The molecule has 1 aliphatic carbocycles. The first-order valence-corrected chi connectivity index (χ1v) is 8.77. The summed E-state index contributed by atoms with van der Waals surface area (Å²) in [5.74, 6) is 2.00. The number of ether oxygens (including phenoxy) is 4. The Morgan fingerprint density at radius 2 is 1.59 bits per heavy atom. The van der Waals surface area contributed by atoms with Crippen LogP contribution in [0, 0.1) is 6.92 Å². The zero-order valence-corrected chi connectivity index (χ0v) is 16.3. The van der Waals surface area contributed by atoms with Crippen LogP contribution in [0.25, 0.3) is 11.1 Å². The number of rotatable bonds is 4. The predicted octanol–water partition coefficient (Wildman–Crippen LogP) is 3.00. The molecule has 0 amide bonds. The molecule has 3 rings (SSSR count). The lowest BCUT2D eigenvalue weighted by Crippen LogP contribution is -2.12. The Morgan fingerprint density at radius 3 is 2.19 bits per heavy atom. The van der Waals surface area contributed by atoms with Crippen LogP contribution in [0.1, 0.15) is 29.2 Å². The smallest absolute Gasteiger partial charge is 0.220 e. The molecule has 6 heteroatoms. The summed E-state index contributed by atoms with van der Waals surface area (Å²) in [6.07, 6.45) is 1.43. The number of benzene rings is 1. The lowest BCUT2D eigenvalue weighted by Gasteiger charge is -2.19. The highest BCUT2D eigenvalue weighted by Gasteiger charge is 2.28. The number of methoxy groups -OCH3 is 4. The maximum Gasteiger partial charge on any atom is 0.220 e. The van der Waals surface area contributed by atoms with Crippen LogP contribution < -0.4 is 30.1 Å². The number of fused-ring (bicyclic) bond motifs is 3. The second kappa shape index (κ2) is 7.48. The van der Waals surface area contributed by atoms with Gasteiger partial charge in [-0.05, 0) is 60.2 Å². The fraction of sp³-hybridized carbons (Fsp3) is 0.381. The van der Waals surface area contributed by atoms with Crippen LogP contribution in [0.4, 0.5) is 0 Å². The van der Waals surface area contributed by atoms with Crippen molar-refractivity contribution in [1.29, 1.82) is 0 Å². The van der Waals surface area contributed by atoms with Crippen LogP contribution in [0.2, 0.25) is 0 Å². The molecule has 1 unspecified atom stereocenters. The van der Waals surface area contributed by atoms with E-state index in [0.29, 0.717) is 29.4 Å². The molecule has 0 aromatic heterocycles. The van der Waals surface area contributed by atoms with Gasteiger partial charge in [0, 0.05) is 11.6 Å². The summed E-state index contributed by atoms with van der Waals surface area (Å²) in [4.78, 5) is 12.6. The lowest BCUT2D eigenvalue weighted by atomic mass is 9.95. The van der Waals surface area contributed by atoms with Crippen LogP contribution >= 0.6 is 0 Å². The molecule has 0 fully saturated rings. The minimum absolute atomic E-state index is 0.186. The van der Waals surface area contributed by atoms with Crippen LogP contribution in [-0.4, -0.2) is 28.4 Å². The van der Waals surface area contributed by atoms with Gasteiger partial charge < -0.3 is 24.7 Å². The van der Waals surface area contributed by atoms with Gasteiger partial charge in [0.2, 0.25) is 11.2 Å². The van der Waals surface area contributed by atoms with Gasteiger partial charge in [-0.25, -0.2) is 0 Å². The third-order valence-electron chi connectivity index (χ3n) is 5.05. The van der Waals surface area contributed by atoms with E-state index >= 15 is 0 Å². The number of aryl methyl sites for hydroxylation is 2. The average Bonchev–Trinajstić information content (AvgIpc) is 2.87. The van der Waals surface area contributed by atoms with E-state index in [4.69, 9.17) is 24.7 Å². The van der Waals surface area contributed by atoms with Gasteiger partial charge in [-0.15, -0.1) is 0 Å². The number of hydrogen-bond acceptors (Lipinski definition) is 6. The van der Waals surface area contributed by atoms with Gasteiger partial charge in [-0.2, -0.15) is 0 Å². The standard InChI is InChI=1S/C21H25NO5/c1-11-8-14-13(10-16(23)19(11)25-3)15(22)7-6-12-9-17(24-2)20(26-4)21(27-5)18(12)14/h8-10,15H,6-7,22H2,1-5H3. The molecular formula is C21H25NO5. The Bertz CT molecular complexity index is 939. The van der Waals surface area contributed by atoms with Crippen molar-refractivity contribution in [3.8, 4) is 34.1 Å². The Kier molecular flexibility index (Phi) is 5.28. The molecule has 144 valence electrons. The van der Waals surface area contributed by atoms with Gasteiger partial charge in [0.1, 0.15) is 0 Å². The highest BCUT2D eigenvalue weighted by atomic mass is 16.5. The molecule has 2 aromatic rings. The van der Waals surface area contributed by atoms with Gasteiger partial charge in [0.25, 0.3) is 0 Å². The summed E-state index contributed by atoms with van der Waals surface area (Å²) in [5, 5.41) is 0. The van der Waals surface area contributed by atoms with Crippen molar-refractivity contribution in [3.63, 3.8) is 0 Å². The molecular weight excluding hydrogens is 346 g/mol. The van der Waals surface area contributed by atoms with E-state index in [-0.39, 0.29) is 11.5 Å². The van der Waals surface area contributed by atoms with E-state index < -0.39 is 0 Å². The van der Waals surface area contributed by atoms with Crippen LogP contribution in [0.3, 0.4) is 0 Å². The van der Waals surface area contributed by atoms with Crippen LogP contribution in [0.15, 0.2) is 23.0 Å². The quantitative estimate of drug-likeness (QED) is 0.890. The van der Waals surface area contributed by atoms with Crippen molar-refractivity contribution in [2.24, 2.45) is 5.73 Å². The fourth-order valence-electron chi connectivity index (χ4n) is 3.79. The van der Waals surface area contributed by atoms with E-state index in [2.05, 4.69) is 0 Å². The molecule has 0 heterocycles. The van der Waals surface area contributed by atoms with Crippen molar-refractivity contribution >= 4 is 0 Å².